The number of hydrogen-bond acceptors (Lipinski definition) is 7. The van der Waals surface area contributed by atoms with Crippen LogP contribution in [0.25, 0.3) is 0 Å². The molecular weight excluding hydrogens is 472 g/mol. The summed E-state index contributed by atoms with van der Waals surface area (Å²) in [6.45, 7) is 5.39. The van der Waals surface area contributed by atoms with Crippen LogP contribution in [0.5, 0.6) is 0 Å². The van der Waals surface area contributed by atoms with E-state index in [1.54, 1.807) is 0 Å². The largest absolute Gasteiger partial charge is 0.457 e. The molecular formula is C28H32N4O3S. The van der Waals surface area contributed by atoms with Crippen LogP contribution in [0.4, 0.5) is 0 Å². The molecule has 1 N–H and O–H groups in total. The molecule has 7 nitrogen and oxygen atoms in total. The maximum atomic E-state index is 13.5. The normalized spacial score (nSPS) is 17.0. The molecule has 1 amide bonds. The molecule has 36 heavy (non-hydrogen) atoms. The number of nitrogens with one attached hydrogen (secondary N) is 1. The number of ether oxygens (including phenoxy) is 1. The van der Waals surface area contributed by atoms with Crippen molar-refractivity contribution in [2.45, 2.75) is 32.9 Å². The molecule has 8 heteroatoms. The van der Waals surface area contributed by atoms with Crippen molar-refractivity contribution in [2.24, 2.45) is 4.99 Å². The summed E-state index contributed by atoms with van der Waals surface area (Å²) in [4.78, 5) is 35.0. The Balaban J connectivity index is 1.60. The average Bonchev–Trinajstić information content (AvgIpc) is 3.24. The molecule has 4 rings (SSSR count). The molecule has 188 valence electrons. The monoisotopic (exact) mass is 504 g/mol. The maximum absolute atomic E-state index is 13.5. The number of benzene rings is 2. The first-order chi connectivity index (χ1) is 17.3. The van der Waals surface area contributed by atoms with Crippen LogP contribution in [0, 0.1) is 6.92 Å². The van der Waals surface area contributed by atoms with Crippen LogP contribution in [0.3, 0.4) is 0 Å². The van der Waals surface area contributed by atoms with Crippen LogP contribution in [-0.4, -0.2) is 54.0 Å². The summed E-state index contributed by atoms with van der Waals surface area (Å²) in [5.41, 5.74) is 4.92. The number of amides is 1. The first-order valence-electron chi connectivity index (χ1n) is 12.0. The first-order valence-corrected chi connectivity index (χ1v) is 12.8. The molecule has 0 saturated carbocycles. The molecule has 0 radical (unpaired) electrons. The Morgan fingerprint density at radius 2 is 1.81 bits per heavy atom. The van der Waals surface area contributed by atoms with E-state index >= 15 is 0 Å². The van der Waals surface area contributed by atoms with Crippen molar-refractivity contribution in [2.75, 3.05) is 27.2 Å². The molecule has 0 fully saturated rings. The Labute approximate surface area is 216 Å². The lowest BCUT2D eigenvalue weighted by atomic mass is 9.93. The minimum Gasteiger partial charge on any atom is -0.457 e. The minimum absolute atomic E-state index is 0.0629. The molecule has 1 atom stereocenters. The van der Waals surface area contributed by atoms with Crippen molar-refractivity contribution in [1.29, 1.82) is 0 Å². The fraction of sp³-hybridized carbons (Fsp3) is 0.321. The number of thioether (sulfide) groups is 1. The van der Waals surface area contributed by atoms with E-state index in [4.69, 9.17) is 9.73 Å². The van der Waals surface area contributed by atoms with Crippen molar-refractivity contribution in [3.8, 4) is 0 Å². The molecule has 2 heterocycles. The zero-order valence-corrected chi connectivity index (χ0v) is 22.0. The summed E-state index contributed by atoms with van der Waals surface area (Å²) in [6.07, 6.45) is 0.202. The van der Waals surface area contributed by atoms with E-state index < -0.39 is 12.0 Å². The van der Waals surface area contributed by atoms with E-state index in [0.717, 1.165) is 34.1 Å². The summed E-state index contributed by atoms with van der Waals surface area (Å²) in [5.74, 6) is -0.469. The summed E-state index contributed by atoms with van der Waals surface area (Å²) in [5, 5.41) is 5.69. The topological polar surface area (TPSA) is 74.2 Å². The van der Waals surface area contributed by atoms with Gasteiger partial charge in [-0.3, -0.25) is 4.79 Å². The number of likely N-dealkylation sites (N-methyl/N-ethyl adjacent to an activating group) is 1. The molecule has 2 aromatic carbocycles. The number of allylic oxidation sites excluding steroid dienone is 1. The third-order valence-corrected chi connectivity index (χ3v) is 6.94. The van der Waals surface area contributed by atoms with Crippen LogP contribution < -0.4 is 5.32 Å². The lowest BCUT2D eigenvalue weighted by molar-refractivity contribution is -0.141. The van der Waals surface area contributed by atoms with Gasteiger partial charge in [-0.05, 0) is 44.5 Å². The molecule has 2 aliphatic heterocycles. The van der Waals surface area contributed by atoms with E-state index in [9.17, 15) is 9.59 Å². The average molecular weight is 505 g/mol. The Bertz CT molecular complexity index is 1200. The lowest BCUT2D eigenvalue weighted by Crippen LogP contribution is -2.38. The summed E-state index contributed by atoms with van der Waals surface area (Å²) in [6, 6.07) is 17.3. The van der Waals surface area contributed by atoms with Gasteiger partial charge in [0.1, 0.15) is 6.61 Å². The van der Waals surface area contributed by atoms with Crippen molar-refractivity contribution in [3.05, 3.63) is 93.7 Å². The van der Waals surface area contributed by atoms with Crippen molar-refractivity contribution in [1.82, 2.24) is 15.1 Å². The first kappa shape index (κ1) is 25.7. The Morgan fingerprint density at radius 1 is 1.08 bits per heavy atom. The standard InChI is InChI=1S/C28H32N4O3S/c1-19-10-12-22(13-11-19)26-25(27(34)35-17-21-8-6-5-7-9-21)20(2)30-28-32(26)23(18-36-28)16-24(33)29-14-15-31(3)4/h5-13,18,26H,14-17H2,1-4H3,(H,29,33). The lowest BCUT2D eigenvalue weighted by Gasteiger charge is -2.36. The Kier molecular flexibility index (Phi) is 8.28. The zero-order chi connectivity index (χ0) is 25.7. The summed E-state index contributed by atoms with van der Waals surface area (Å²) >= 11 is 1.47. The molecule has 1 unspecified atom stereocenters. The number of fused-ring (bicyclic) bond motifs is 1. The van der Waals surface area contributed by atoms with E-state index in [0.29, 0.717) is 17.8 Å². The number of aryl methyl sites for hydroxylation is 1. The fourth-order valence-electron chi connectivity index (χ4n) is 4.14. The smallest absolute Gasteiger partial charge is 0.338 e. The number of carbonyl (C=O) groups excluding carboxylic acids is 2. The second-order valence-corrected chi connectivity index (χ2v) is 10.0. The van der Waals surface area contributed by atoms with Crippen molar-refractivity contribution < 1.29 is 14.3 Å². The molecule has 0 aliphatic carbocycles. The quantitative estimate of drug-likeness (QED) is 0.511. The third kappa shape index (κ3) is 6.06. The van der Waals surface area contributed by atoms with Gasteiger partial charge < -0.3 is 19.9 Å². The van der Waals surface area contributed by atoms with E-state index in [1.807, 2.05) is 97.7 Å². The van der Waals surface area contributed by atoms with Crippen LogP contribution >= 0.6 is 11.8 Å². The second-order valence-electron chi connectivity index (χ2n) is 9.20. The van der Waals surface area contributed by atoms with Gasteiger partial charge in [0.15, 0.2) is 5.17 Å². The molecule has 0 bridgehead atoms. The van der Waals surface area contributed by atoms with Gasteiger partial charge in [0.2, 0.25) is 5.91 Å². The number of hydrogen-bond donors (Lipinski definition) is 1. The van der Waals surface area contributed by atoms with Crippen LogP contribution in [-0.2, 0) is 20.9 Å². The summed E-state index contributed by atoms with van der Waals surface area (Å²) < 4.78 is 5.75. The molecule has 2 aliphatic rings. The number of amidine groups is 1. The van der Waals surface area contributed by atoms with Gasteiger partial charge in [0.25, 0.3) is 0 Å². The number of aliphatic imine (C=N–C) groups is 1. The highest BCUT2D eigenvalue weighted by atomic mass is 32.2. The Hall–Kier alpha value is -3.36. The van der Waals surface area contributed by atoms with Gasteiger partial charge in [0.05, 0.1) is 23.7 Å². The highest BCUT2D eigenvalue weighted by Crippen LogP contribution is 2.44. The number of rotatable bonds is 9. The minimum atomic E-state index is -0.433. The SMILES string of the molecule is CC1=C(C(=O)OCc2ccccc2)C(c2ccc(C)cc2)N2C(CC(=O)NCCN(C)C)=CSC2=N1. The molecule has 0 spiro atoms. The number of nitrogens with zero attached hydrogens (tertiary/aromatic N) is 3. The molecule has 2 aromatic rings. The van der Waals surface area contributed by atoms with Gasteiger partial charge in [0, 0.05) is 18.8 Å². The Morgan fingerprint density at radius 3 is 2.50 bits per heavy atom. The fourth-order valence-corrected chi connectivity index (χ4v) is 5.11. The predicted octanol–water partition coefficient (Wildman–Crippen LogP) is 4.38. The zero-order valence-electron chi connectivity index (χ0n) is 21.2. The number of esters is 1. The van der Waals surface area contributed by atoms with E-state index in [2.05, 4.69) is 5.32 Å². The van der Waals surface area contributed by atoms with Gasteiger partial charge >= 0.3 is 5.97 Å². The maximum Gasteiger partial charge on any atom is 0.338 e. The predicted molar refractivity (Wildman–Crippen MR) is 144 cm³/mol. The van der Waals surface area contributed by atoms with E-state index in [1.165, 1.54) is 11.8 Å². The number of carbonyl (C=O) groups is 2. The van der Waals surface area contributed by atoms with Gasteiger partial charge in [-0.15, -0.1) is 0 Å². The van der Waals surface area contributed by atoms with Crippen LogP contribution in [0.1, 0.15) is 36.1 Å². The van der Waals surface area contributed by atoms with Gasteiger partial charge in [-0.25, -0.2) is 9.79 Å². The highest BCUT2D eigenvalue weighted by Gasteiger charge is 2.41. The van der Waals surface area contributed by atoms with Gasteiger partial charge in [-0.1, -0.05) is 71.9 Å². The van der Waals surface area contributed by atoms with E-state index in [-0.39, 0.29) is 18.9 Å². The van der Waals surface area contributed by atoms with Crippen molar-refractivity contribution in [3.63, 3.8) is 0 Å². The van der Waals surface area contributed by atoms with Crippen LogP contribution in [0.15, 0.2) is 82.0 Å². The van der Waals surface area contributed by atoms with Crippen LogP contribution in [0.2, 0.25) is 0 Å². The summed E-state index contributed by atoms with van der Waals surface area (Å²) in [7, 11) is 3.94. The molecule has 0 aromatic heterocycles. The van der Waals surface area contributed by atoms with Crippen molar-refractivity contribution >= 4 is 28.8 Å². The molecule has 0 saturated heterocycles. The highest BCUT2D eigenvalue weighted by molar-refractivity contribution is 8.16. The second kappa shape index (κ2) is 11.6. The van der Waals surface area contributed by atoms with Gasteiger partial charge in [-0.2, -0.15) is 0 Å². The third-order valence-electron chi connectivity index (χ3n) is 6.05.